The van der Waals surface area contributed by atoms with Crippen molar-refractivity contribution in [2.45, 2.75) is 58.5 Å². The van der Waals surface area contributed by atoms with E-state index in [1.807, 2.05) is 12.3 Å². The molecular weight excluding hydrogens is 222 g/mol. The molecule has 1 heterocycles. The van der Waals surface area contributed by atoms with E-state index >= 15 is 0 Å². The number of aryl methyl sites for hydroxylation is 1. The van der Waals surface area contributed by atoms with E-state index in [0.717, 1.165) is 30.4 Å². The van der Waals surface area contributed by atoms with Gasteiger partial charge in [-0.15, -0.1) is 0 Å². The fourth-order valence-electron chi connectivity index (χ4n) is 3.43. The molecule has 0 saturated heterocycles. The van der Waals surface area contributed by atoms with Crippen molar-refractivity contribution in [3.63, 3.8) is 0 Å². The lowest BCUT2D eigenvalue weighted by atomic mass is 9.72. The number of aliphatic hydroxyl groups is 1. The van der Waals surface area contributed by atoms with Crippen LogP contribution in [0.15, 0.2) is 18.5 Å². The van der Waals surface area contributed by atoms with Gasteiger partial charge in [0.05, 0.1) is 5.60 Å². The molecule has 0 bridgehead atoms. The van der Waals surface area contributed by atoms with Crippen LogP contribution < -0.4 is 0 Å². The molecule has 1 fully saturated rings. The standard InChI is InChI=1S/C16H25NO/c1-12(2)9-14-5-4-7-16(18,10-14)15-11-17-8-6-13(15)3/h6,8,11-12,14,18H,4-5,7,9-10H2,1-3H3. The molecule has 1 N–H and O–H groups in total. The van der Waals surface area contributed by atoms with E-state index in [9.17, 15) is 5.11 Å². The number of hydrogen-bond donors (Lipinski definition) is 1. The van der Waals surface area contributed by atoms with Gasteiger partial charge in [-0.1, -0.05) is 20.3 Å². The maximum absolute atomic E-state index is 11.0. The average Bonchev–Trinajstić information content (AvgIpc) is 2.28. The van der Waals surface area contributed by atoms with Crippen LogP contribution in [0.5, 0.6) is 0 Å². The summed E-state index contributed by atoms with van der Waals surface area (Å²) in [7, 11) is 0. The molecule has 0 spiro atoms. The van der Waals surface area contributed by atoms with Gasteiger partial charge in [0.1, 0.15) is 0 Å². The minimum absolute atomic E-state index is 0.643. The van der Waals surface area contributed by atoms with Crippen LogP contribution in [-0.4, -0.2) is 10.1 Å². The van der Waals surface area contributed by atoms with Gasteiger partial charge in [-0.25, -0.2) is 0 Å². The highest BCUT2D eigenvalue weighted by molar-refractivity contribution is 5.28. The second-order valence-electron chi connectivity index (χ2n) is 6.31. The quantitative estimate of drug-likeness (QED) is 0.881. The first kappa shape index (κ1) is 13.5. The summed E-state index contributed by atoms with van der Waals surface area (Å²) in [6, 6.07) is 2.00. The van der Waals surface area contributed by atoms with Crippen LogP contribution in [0, 0.1) is 18.8 Å². The van der Waals surface area contributed by atoms with Gasteiger partial charge in [-0.2, -0.15) is 0 Å². The van der Waals surface area contributed by atoms with Gasteiger partial charge in [0, 0.05) is 18.0 Å². The highest BCUT2D eigenvalue weighted by atomic mass is 16.3. The number of pyridine rings is 1. The first-order valence-corrected chi connectivity index (χ1v) is 7.15. The molecular formula is C16H25NO. The second kappa shape index (κ2) is 5.40. The number of aromatic nitrogens is 1. The van der Waals surface area contributed by atoms with E-state index in [2.05, 4.69) is 25.8 Å². The fraction of sp³-hybridized carbons (Fsp3) is 0.688. The predicted molar refractivity (Wildman–Crippen MR) is 74.3 cm³/mol. The molecule has 2 rings (SSSR count). The van der Waals surface area contributed by atoms with Crippen molar-refractivity contribution in [2.75, 3.05) is 0 Å². The number of nitrogens with zero attached hydrogens (tertiary/aromatic N) is 1. The Morgan fingerprint density at radius 1 is 1.50 bits per heavy atom. The first-order chi connectivity index (χ1) is 8.51. The largest absolute Gasteiger partial charge is 0.385 e. The lowest BCUT2D eigenvalue weighted by Crippen LogP contribution is -2.34. The molecule has 2 atom stereocenters. The van der Waals surface area contributed by atoms with E-state index in [1.165, 1.54) is 12.8 Å². The Hall–Kier alpha value is -0.890. The van der Waals surface area contributed by atoms with Crippen molar-refractivity contribution in [1.29, 1.82) is 0 Å². The highest BCUT2D eigenvalue weighted by Gasteiger charge is 2.36. The maximum Gasteiger partial charge on any atom is 0.0916 e. The van der Waals surface area contributed by atoms with Gasteiger partial charge in [-0.05, 0) is 56.1 Å². The monoisotopic (exact) mass is 247 g/mol. The number of rotatable bonds is 3. The minimum Gasteiger partial charge on any atom is -0.385 e. The van der Waals surface area contributed by atoms with Gasteiger partial charge >= 0.3 is 0 Å². The average molecular weight is 247 g/mol. The summed E-state index contributed by atoms with van der Waals surface area (Å²) in [5.74, 6) is 1.37. The molecule has 1 aromatic heterocycles. The van der Waals surface area contributed by atoms with E-state index in [0.29, 0.717) is 11.8 Å². The van der Waals surface area contributed by atoms with Crippen LogP contribution in [0.25, 0.3) is 0 Å². The Morgan fingerprint density at radius 3 is 2.94 bits per heavy atom. The van der Waals surface area contributed by atoms with Crippen molar-refractivity contribution >= 4 is 0 Å². The molecule has 18 heavy (non-hydrogen) atoms. The first-order valence-electron chi connectivity index (χ1n) is 7.15. The highest BCUT2D eigenvalue weighted by Crippen LogP contribution is 2.42. The zero-order valence-electron chi connectivity index (χ0n) is 11.8. The third-order valence-electron chi connectivity index (χ3n) is 4.17. The summed E-state index contributed by atoms with van der Waals surface area (Å²) >= 11 is 0. The van der Waals surface area contributed by atoms with E-state index in [-0.39, 0.29) is 0 Å². The zero-order chi connectivity index (χ0) is 13.2. The topological polar surface area (TPSA) is 33.1 Å². The summed E-state index contributed by atoms with van der Waals surface area (Å²) in [6.07, 6.45) is 9.05. The summed E-state index contributed by atoms with van der Waals surface area (Å²) in [5.41, 5.74) is 1.56. The molecule has 1 aliphatic carbocycles. The minimum atomic E-state index is -0.643. The normalized spacial score (nSPS) is 28.6. The third kappa shape index (κ3) is 2.92. The van der Waals surface area contributed by atoms with Crippen LogP contribution >= 0.6 is 0 Å². The Bertz CT molecular complexity index is 402. The van der Waals surface area contributed by atoms with Gasteiger partial charge < -0.3 is 5.11 Å². The van der Waals surface area contributed by atoms with E-state index in [4.69, 9.17) is 0 Å². The lowest BCUT2D eigenvalue weighted by molar-refractivity contribution is -0.0252. The Labute approximate surface area is 110 Å². The molecule has 0 aromatic carbocycles. The van der Waals surface area contributed by atoms with Crippen LogP contribution in [-0.2, 0) is 5.60 Å². The van der Waals surface area contributed by atoms with E-state index < -0.39 is 5.60 Å². The molecule has 100 valence electrons. The molecule has 1 aliphatic rings. The zero-order valence-corrected chi connectivity index (χ0v) is 11.8. The lowest BCUT2D eigenvalue weighted by Gasteiger charge is -2.38. The van der Waals surface area contributed by atoms with Crippen LogP contribution in [0.1, 0.15) is 57.1 Å². The van der Waals surface area contributed by atoms with Crippen LogP contribution in [0.4, 0.5) is 0 Å². The van der Waals surface area contributed by atoms with Crippen molar-refractivity contribution in [2.24, 2.45) is 11.8 Å². The van der Waals surface area contributed by atoms with Crippen LogP contribution in [0.3, 0.4) is 0 Å². The molecule has 2 heteroatoms. The number of hydrogen-bond acceptors (Lipinski definition) is 2. The maximum atomic E-state index is 11.0. The predicted octanol–water partition coefficient (Wildman–Crippen LogP) is 3.81. The summed E-state index contributed by atoms with van der Waals surface area (Å²) in [6.45, 7) is 6.60. The summed E-state index contributed by atoms with van der Waals surface area (Å²) < 4.78 is 0. The SMILES string of the molecule is Cc1ccncc1C1(O)CCCC(CC(C)C)C1. The van der Waals surface area contributed by atoms with Crippen molar-refractivity contribution in [1.82, 2.24) is 4.98 Å². The summed E-state index contributed by atoms with van der Waals surface area (Å²) in [4.78, 5) is 4.19. The van der Waals surface area contributed by atoms with Gasteiger partial charge in [0.15, 0.2) is 0 Å². The molecule has 0 radical (unpaired) electrons. The molecule has 0 aliphatic heterocycles. The molecule has 2 unspecified atom stereocenters. The summed E-state index contributed by atoms with van der Waals surface area (Å²) in [5, 5.41) is 11.0. The van der Waals surface area contributed by atoms with Crippen molar-refractivity contribution < 1.29 is 5.11 Å². The van der Waals surface area contributed by atoms with Crippen molar-refractivity contribution in [3.05, 3.63) is 29.6 Å². The Morgan fingerprint density at radius 2 is 2.28 bits per heavy atom. The van der Waals surface area contributed by atoms with Crippen molar-refractivity contribution in [3.8, 4) is 0 Å². The molecule has 1 saturated carbocycles. The van der Waals surface area contributed by atoms with Gasteiger partial charge in [0.25, 0.3) is 0 Å². The third-order valence-corrected chi connectivity index (χ3v) is 4.17. The fourth-order valence-corrected chi connectivity index (χ4v) is 3.43. The van der Waals surface area contributed by atoms with Crippen LogP contribution in [0.2, 0.25) is 0 Å². The molecule has 1 aromatic rings. The van der Waals surface area contributed by atoms with Gasteiger partial charge in [0.2, 0.25) is 0 Å². The smallest absolute Gasteiger partial charge is 0.0916 e. The second-order valence-corrected chi connectivity index (χ2v) is 6.31. The van der Waals surface area contributed by atoms with E-state index in [1.54, 1.807) is 6.20 Å². The van der Waals surface area contributed by atoms with Gasteiger partial charge in [-0.3, -0.25) is 4.98 Å². The molecule has 2 nitrogen and oxygen atoms in total. The molecule has 0 amide bonds. The Balaban J connectivity index is 2.18. The Kier molecular flexibility index (Phi) is 4.06.